The first-order chi connectivity index (χ1) is 8.31. The van der Waals surface area contributed by atoms with Crippen LogP contribution in [0.15, 0.2) is 29.8 Å². The maximum Gasteiger partial charge on any atom is 0.573 e. The molecule has 0 heterocycles. The molecule has 0 aromatic heterocycles. The summed E-state index contributed by atoms with van der Waals surface area (Å²) in [6.45, 7) is 3.89. The van der Waals surface area contributed by atoms with Gasteiger partial charge in [0.1, 0.15) is 5.75 Å². The fourth-order valence-corrected chi connectivity index (χ4v) is 1.42. The smallest absolute Gasteiger partial charge is 0.406 e. The van der Waals surface area contributed by atoms with Gasteiger partial charge in [0.05, 0.1) is 0 Å². The van der Waals surface area contributed by atoms with Crippen LogP contribution in [0.2, 0.25) is 0 Å². The fraction of sp³-hybridized carbons (Fsp3) is 0.385. The molecule has 0 amide bonds. The van der Waals surface area contributed by atoms with E-state index in [1.54, 1.807) is 6.07 Å². The van der Waals surface area contributed by atoms with E-state index >= 15 is 0 Å². The Morgan fingerprint density at radius 3 is 2.61 bits per heavy atom. The summed E-state index contributed by atoms with van der Waals surface area (Å²) >= 11 is 0. The van der Waals surface area contributed by atoms with E-state index in [9.17, 15) is 13.2 Å². The van der Waals surface area contributed by atoms with Gasteiger partial charge in [0.15, 0.2) is 0 Å². The fourth-order valence-electron chi connectivity index (χ4n) is 1.42. The van der Waals surface area contributed by atoms with Gasteiger partial charge in [0.25, 0.3) is 0 Å². The van der Waals surface area contributed by atoms with Gasteiger partial charge in [-0.2, -0.15) is 0 Å². The van der Waals surface area contributed by atoms with Gasteiger partial charge in [0.2, 0.25) is 0 Å². The van der Waals surface area contributed by atoms with Crippen molar-refractivity contribution in [3.8, 4) is 5.75 Å². The maximum atomic E-state index is 12.1. The molecular weight excluding hydrogens is 243 g/mol. The van der Waals surface area contributed by atoms with Crippen molar-refractivity contribution < 1.29 is 17.9 Å². The molecule has 0 aliphatic heterocycles. The van der Waals surface area contributed by atoms with Crippen molar-refractivity contribution in [1.82, 2.24) is 5.32 Å². The van der Waals surface area contributed by atoms with Crippen molar-refractivity contribution in [3.05, 3.63) is 35.4 Å². The van der Waals surface area contributed by atoms with Gasteiger partial charge < -0.3 is 10.1 Å². The van der Waals surface area contributed by atoms with Gasteiger partial charge in [-0.05, 0) is 38.6 Å². The number of benzene rings is 1. The molecule has 1 N–H and O–H groups in total. The number of rotatable bonds is 4. The Morgan fingerprint density at radius 2 is 2.06 bits per heavy atom. The summed E-state index contributed by atoms with van der Waals surface area (Å²) in [6.07, 6.45) is -2.83. The van der Waals surface area contributed by atoms with Crippen LogP contribution in [0, 0.1) is 0 Å². The molecular formula is C13H16F3NO. The second-order valence-corrected chi connectivity index (χ2v) is 4.02. The van der Waals surface area contributed by atoms with Gasteiger partial charge in [-0.3, -0.25) is 0 Å². The maximum absolute atomic E-state index is 12.1. The van der Waals surface area contributed by atoms with Crippen LogP contribution in [0.3, 0.4) is 0 Å². The standard InChI is InChI=1S/C13H16F3NO/c1-9(10(2)17-3)7-11-5-4-6-12(8-11)18-13(14,15)16/h4-8,10,17H,1-3H3/b9-7+. The highest BCUT2D eigenvalue weighted by Crippen LogP contribution is 2.24. The van der Waals surface area contributed by atoms with Gasteiger partial charge in [0, 0.05) is 6.04 Å². The predicted octanol–water partition coefficient (Wildman–Crippen LogP) is 3.60. The minimum absolute atomic E-state index is 0.164. The van der Waals surface area contributed by atoms with Gasteiger partial charge in [-0.25, -0.2) is 0 Å². The second kappa shape index (κ2) is 5.91. The SMILES string of the molecule is CNC(C)/C(C)=C/c1cccc(OC(F)(F)F)c1. The van der Waals surface area contributed by atoms with Crippen molar-refractivity contribution in [2.24, 2.45) is 0 Å². The van der Waals surface area contributed by atoms with Crippen molar-refractivity contribution in [3.63, 3.8) is 0 Å². The molecule has 0 radical (unpaired) electrons. The molecule has 1 rings (SSSR count). The molecule has 18 heavy (non-hydrogen) atoms. The van der Waals surface area contributed by atoms with Crippen LogP contribution in [0.4, 0.5) is 13.2 Å². The van der Waals surface area contributed by atoms with E-state index in [1.807, 2.05) is 27.0 Å². The Hall–Kier alpha value is -1.49. The molecule has 0 spiro atoms. The van der Waals surface area contributed by atoms with Crippen LogP contribution >= 0.6 is 0 Å². The van der Waals surface area contributed by atoms with Crippen LogP contribution in [-0.4, -0.2) is 19.5 Å². The Labute approximate surface area is 104 Å². The second-order valence-electron chi connectivity index (χ2n) is 4.02. The van der Waals surface area contributed by atoms with Crippen LogP contribution in [0.5, 0.6) is 5.75 Å². The number of nitrogens with one attached hydrogen (secondary N) is 1. The molecule has 5 heteroatoms. The molecule has 0 aliphatic rings. The molecule has 0 saturated heterocycles. The third kappa shape index (κ3) is 4.79. The lowest BCUT2D eigenvalue weighted by atomic mass is 10.1. The molecule has 1 unspecified atom stereocenters. The average molecular weight is 259 g/mol. The quantitative estimate of drug-likeness (QED) is 0.892. The number of alkyl halides is 3. The van der Waals surface area contributed by atoms with Crippen molar-refractivity contribution in [2.75, 3.05) is 7.05 Å². The summed E-state index contributed by atoms with van der Waals surface area (Å²) in [5.74, 6) is -0.207. The Kier molecular flexibility index (Phi) is 4.78. The lowest BCUT2D eigenvalue weighted by Gasteiger charge is -2.12. The van der Waals surface area contributed by atoms with E-state index in [0.717, 1.165) is 5.57 Å². The summed E-state index contributed by atoms with van der Waals surface area (Å²) in [7, 11) is 1.82. The number of hydrogen-bond donors (Lipinski definition) is 1. The van der Waals surface area contributed by atoms with Crippen LogP contribution < -0.4 is 10.1 Å². The van der Waals surface area contributed by atoms with Crippen molar-refractivity contribution in [2.45, 2.75) is 26.3 Å². The van der Waals surface area contributed by atoms with Crippen LogP contribution in [0.1, 0.15) is 19.4 Å². The molecule has 0 saturated carbocycles. The molecule has 100 valence electrons. The Balaban J connectivity index is 2.89. The zero-order chi connectivity index (χ0) is 13.8. The van der Waals surface area contributed by atoms with Gasteiger partial charge in [-0.15, -0.1) is 13.2 Å². The Morgan fingerprint density at radius 1 is 1.39 bits per heavy atom. The van der Waals surface area contributed by atoms with Gasteiger partial charge >= 0.3 is 6.36 Å². The molecule has 1 aromatic rings. The minimum atomic E-state index is -4.66. The number of halogens is 3. The summed E-state index contributed by atoms with van der Waals surface area (Å²) in [4.78, 5) is 0. The lowest BCUT2D eigenvalue weighted by molar-refractivity contribution is -0.274. The summed E-state index contributed by atoms with van der Waals surface area (Å²) in [5.41, 5.74) is 1.71. The summed E-state index contributed by atoms with van der Waals surface area (Å²) in [5, 5.41) is 3.06. The molecule has 0 aliphatic carbocycles. The first-order valence-electron chi connectivity index (χ1n) is 5.53. The van der Waals surface area contributed by atoms with Crippen LogP contribution in [-0.2, 0) is 0 Å². The highest BCUT2D eigenvalue weighted by molar-refractivity contribution is 5.55. The molecule has 2 nitrogen and oxygen atoms in total. The number of ether oxygens (including phenoxy) is 1. The molecule has 0 bridgehead atoms. The molecule has 0 fully saturated rings. The van der Waals surface area contributed by atoms with Crippen molar-refractivity contribution in [1.29, 1.82) is 0 Å². The summed E-state index contributed by atoms with van der Waals surface area (Å²) < 4.78 is 40.1. The van der Waals surface area contributed by atoms with E-state index in [2.05, 4.69) is 10.1 Å². The van der Waals surface area contributed by atoms with E-state index in [1.165, 1.54) is 18.2 Å². The number of likely N-dealkylation sites (N-methyl/N-ethyl adjacent to an activating group) is 1. The largest absolute Gasteiger partial charge is 0.573 e. The predicted molar refractivity (Wildman–Crippen MR) is 65.3 cm³/mol. The Bertz CT molecular complexity index is 426. The zero-order valence-corrected chi connectivity index (χ0v) is 10.5. The zero-order valence-electron chi connectivity index (χ0n) is 10.5. The average Bonchev–Trinajstić information content (AvgIpc) is 2.26. The van der Waals surface area contributed by atoms with Crippen LogP contribution in [0.25, 0.3) is 6.08 Å². The molecule has 1 atom stereocenters. The first kappa shape index (κ1) is 14.6. The van der Waals surface area contributed by atoms with Gasteiger partial charge in [-0.1, -0.05) is 23.8 Å². The van der Waals surface area contributed by atoms with E-state index in [-0.39, 0.29) is 11.8 Å². The number of hydrogen-bond acceptors (Lipinski definition) is 2. The van der Waals surface area contributed by atoms with Crippen molar-refractivity contribution >= 4 is 6.08 Å². The highest BCUT2D eigenvalue weighted by Gasteiger charge is 2.30. The topological polar surface area (TPSA) is 21.3 Å². The van der Waals surface area contributed by atoms with E-state index in [0.29, 0.717) is 5.56 Å². The minimum Gasteiger partial charge on any atom is -0.406 e. The van der Waals surface area contributed by atoms with E-state index in [4.69, 9.17) is 0 Å². The molecule has 1 aromatic carbocycles. The monoisotopic (exact) mass is 259 g/mol. The lowest BCUT2D eigenvalue weighted by Crippen LogP contribution is -2.21. The summed E-state index contributed by atoms with van der Waals surface area (Å²) in [6, 6.07) is 6.07. The van der Waals surface area contributed by atoms with E-state index < -0.39 is 6.36 Å². The normalized spacial score (nSPS) is 14.4. The highest BCUT2D eigenvalue weighted by atomic mass is 19.4. The third-order valence-electron chi connectivity index (χ3n) is 2.60. The third-order valence-corrected chi connectivity index (χ3v) is 2.60. The first-order valence-corrected chi connectivity index (χ1v) is 5.53.